The largest absolute Gasteiger partial charge is 0.379 e. The molecule has 1 aliphatic rings. The number of hydrogen-bond donors (Lipinski definition) is 2. The minimum atomic E-state index is 0.138. The number of ether oxygens (including phenoxy) is 1. The monoisotopic (exact) mass is 369 g/mol. The smallest absolute Gasteiger partial charge is 0.171 e. The van der Waals surface area contributed by atoms with E-state index in [1.807, 2.05) is 6.07 Å². The number of thiocarbonyl (C=S) groups is 1. The van der Waals surface area contributed by atoms with Gasteiger partial charge in [-0.2, -0.15) is 0 Å². The summed E-state index contributed by atoms with van der Waals surface area (Å²) in [7, 11) is 0. The van der Waals surface area contributed by atoms with E-state index in [1.165, 1.54) is 16.7 Å². The SMILES string of the molecule is Cc1cccc(NC(=S)N[C@H](CN2CCOCC2)c2ccccc2)c1C. The van der Waals surface area contributed by atoms with Crippen LogP contribution in [-0.4, -0.2) is 42.9 Å². The molecule has 4 nitrogen and oxygen atoms in total. The molecular weight excluding hydrogens is 342 g/mol. The maximum Gasteiger partial charge on any atom is 0.171 e. The first kappa shape index (κ1) is 18.8. The standard InChI is InChI=1S/C21H27N3OS/c1-16-7-6-10-19(17(16)2)22-21(26)23-20(18-8-4-3-5-9-18)15-24-11-13-25-14-12-24/h3-10,20H,11-15H2,1-2H3,(H2,22,23,26)/t20-/m1/s1. The molecule has 2 aromatic carbocycles. The first-order chi connectivity index (χ1) is 12.6. The Morgan fingerprint density at radius 3 is 2.54 bits per heavy atom. The summed E-state index contributed by atoms with van der Waals surface area (Å²) in [5.41, 5.74) is 4.77. The molecule has 5 heteroatoms. The van der Waals surface area contributed by atoms with Gasteiger partial charge in [-0.1, -0.05) is 42.5 Å². The van der Waals surface area contributed by atoms with E-state index < -0.39 is 0 Å². The average Bonchev–Trinajstić information content (AvgIpc) is 2.66. The van der Waals surface area contributed by atoms with Crippen molar-refractivity contribution in [2.45, 2.75) is 19.9 Å². The third kappa shape index (κ3) is 5.04. The zero-order chi connectivity index (χ0) is 18.4. The Morgan fingerprint density at radius 1 is 1.08 bits per heavy atom. The Balaban J connectivity index is 1.70. The van der Waals surface area contributed by atoms with Crippen molar-refractivity contribution in [3.63, 3.8) is 0 Å². The number of rotatable bonds is 5. The molecule has 0 spiro atoms. The molecule has 0 aliphatic carbocycles. The van der Waals surface area contributed by atoms with Crippen molar-refractivity contribution >= 4 is 23.0 Å². The molecule has 2 aromatic rings. The van der Waals surface area contributed by atoms with Gasteiger partial charge < -0.3 is 15.4 Å². The second-order valence-corrected chi connectivity index (χ2v) is 7.13. The summed E-state index contributed by atoms with van der Waals surface area (Å²) in [6, 6.07) is 16.9. The van der Waals surface area contributed by atoms with E-state index in [0.717, 1.165) is 38.5 Å². The molecule has 1 heterocycles. The molecular formula is C21H27N3OS. The van der Waals surface area contributed by atoms with Gasteiger partial charge in [0.25, 0.3) is 0 Å². The van der Waals surface area contributed by atoms with Gasteiger partial charge in [-0.15, -0.1) is 0 Å². The quantitative estimate of drug-likeness (QED) is 0.787. The fourth-order valence-electron chi connectivity index (χ4n) is 3.16. The van der Waals surface area contributed by atoms with E-state index in [9.17, 15) is 0 Å². The minimum Gasteiger partial charge on any atom is -0.379 e. The van der Waals surface area contributed by atoms with Crippen LogP contribution in [0.1, 0.15) is 22.7 Å². The van der Waals surface area contributed by atoms with Gasteiger partial charge in [0.05, 0.1) is 19.3 Å². The van der Waals surface area contributed by atoms with E-state index in [-0.39, 0.29) is 6.04 Å². The van der Waals surface area contributed by atoms with Gasteiger partial charge in [-0.25, -0.2) is 0 Å². The lowest BCUT2D eigenvalue weighted by Gasteiger charge is -2.31. The van der Waals surface area contributed by atoms with Crippen LogP contribution in [0.5, 0.6) is 0 Å². The van der Waals surface area contributed by atoms with Crippen molar-refractivity contribution < 1.29 is 4.74 Å². The number of anilines is 1. The molecule has 26 heavy (non-hydrogen) atoms. The fraction of sp³-hybridized carbons (Fsp3) is 0.381. The van der Waals surface area contributed by atoms with E-state index >= 15 is 0 Å². The molecule has 138 valence electrons. The van der Waals surface area contributed by atoms with E-state index in [2.05, 4.69) is 71.8 Å². The van der Waals surface area contributed by atoms with Crippen LogP contribution in [0.15, 0.2) is 48.5 Å². The van der Waals surface area contributed by atoms with Crippen LogP contribution in [0.25, 0.3) is 0 Å². The van der Waals surface area contributed by atoms with Crippen molar-refractivity contribution in [2.75, 3.05) is 38.2 Å². The molecule has 0 radical (unpaired) electrons. The molecule has 0 amide bonds. The Kier molecular flexibility index (Phi) is 6.61. The van der Waals surface area contributed by atoms with Crippen LogP contribution in [0, 0.1) is 13.8 Å². The van der Waals surface area contributed by atoms with E-state index in [4.69, 9.17) is 17.0 Å². The third-order valence-corrected chi connectivity index (χ3v) is 5.12. The second kappa shape index (κ2) is 9.12. The molecule has 1 aliphatic heterocycles. The highest BCUT2D eigenvalue weighted by molar-refractivity contribution is 7.80. The highest BCUT2D eigenvalue weighted by Crippen LogP contribution is 2.19. The van der Waals surface area contributed by atoms with Gasteiger partial charge in [-0.05, 0) is 48.8 Å². The zero-order valence-electron chi connectivity index (χ0n) is 15.5. The summed E-state index contributed by atoms with van der Waals surface area (Å²) in [5.74, 6) is 0. The van der Waals surface area contributed by atoms with Crippen LogP contribution in [0.2, 0.25) is 0 Å². The molecule has 1 atom stereocenters. The Morgan fingerprint density at radius 2 is 1.81 bits per heavy atom. The zero-order valence-corrected chi connectivity index (χ0v) is 16.3. The lowest BCUT2D eigenvalue weighted by atomic mass is 10.1. The fourth-order valence-corrected chi connectivity index (χ4v) is 3.42. The van der Waals surface area contributed by atoms with Crippen molar-refractivity contribution in [2.24, 2.45) is 0 Å². The van der Waals surface area contributed by atoms with Crippen molar-refractivity contribution in [3.05, 3.63) is 65.2 Å². The van der Waals surface area contributed by atoms with Gasteiger partial charge in [0, 0.05) is 25.3 Å². The molecule has 3 rings (SSSR count). The summed E-state index contributed by atoms with van der Waals surface area (Å²) in [5, 5.41) is 7.53. The van der Waals surface area contributed by atoms with Crippen LogP contribution in [0.3, 0.4) is 0 Å². The van der Waals surface area contributed by atoms with Crippen LogP contribution in [0.4, 0.5) is 5.69 Å². The summed E-state index contributed by atoms with van der Waals surface area (Å²) in [6.45, 7) is 8.65. The second-order valence-electron chi connectivity index (χ2n) is 6.72. The summed E-state index contributed by atoms with van der Waals surface area (Å²) in [6.07, 6.45) is 0. The first-order valence-corrected chi connectivity index (χ1v) is 9.53. The molecule has 0 saturated carbocycles. The van der Waals surface area contributed by atoms with Gasteiger partial charge in [0.1, 0.15) is 0 Å². The van der Waals surface area contributed by atoms with E-state index in [0.29, 0.717) is 5.11 Å². The predicted molar refractivity (Wildman–Crippen MR) is 112 cm³/mol. The van der Waals surface area contributed by atoms with Gasteiger partial charge in [-0.3, -0.25) is 4.90 Å². The number of nitrogens with zero attached hydrogens (tertiary/aromatic N) is 1. The number of aryl methyl sites for hydroxylation is 1. The summed E-state index contributed by atoms with van der Waals surface area (Å²) < 4.78 is 5.47. The topological polar surface area (TPSA) is 36.5 Å². The normalized spacial score (nSPS) is 16.1. The maximum absolute atomic E-state index is 5.62. The Hall–Kier alpha value is -1.95. The Bertz CT molecular complexity index is 729. The molecule has 1 saturated heterocycles. The highest BCUT2D eigenvalue weighted by atomic mass is 32.1. The molecule has 0 bridgehead atoms. The summed E-state index contributed by atoms with van der Waals surface area (Å²) >= 11 is 5.62. The number of morpholine rings is 1. The number of nitrogens with one attached hydrogen (secondary N) is 2. The molecule has 0 aromatic heterocycles. The minimum absolute atomic E-state index is 0.138. The predicted octanol–water partition coefficient (Wildman–Crippen LogP) is 3.66. The van der Waals surface area contributed by atoms with Gasteiger partial charge in [0.15, 0.2) is 5.11 Å². The molecule has 2 N–H and O–H groups in total. The lowest BCUT2D eigenvalue weighted by molar-refractivity contribution is 0.0344. The van der Waals surface area contributed by atoms with E-state index in [1.54, 1.807) is 0 Å². The molecule has 0 unspecified atom stereocenters. The van der Waals surface area contributed by atoms with Crippen LogP contribution < -0.4 is 10.6 Å². The summed E-state index contributed by atoms with van der Waals surface area (Å²) in [4.78, 5) is 2.43. The van der Waals surface area contributed by atoms with Gasteiger partial charge >= 0.3 is 0 Å². The van der Waals surface area contributed by atoms with Crippen molar-refractivity contribution in [1.29, 1.82) is 0 Å². The van der Waals surface area contributed by atoms with Crippen LogP contribution in [-0.2, 0) is 4.74 Å². The maximum atomic E-state index is 5.62. The number of benzene rings is 2. The van der Waals surface area contributed by atoms with Crippen molar-refractivity contribution in [1.82, 2.24) is 10.2 Å². The third-order valence-electron chi connectivity index (χ3n) is 4.90. The van der Waals surface area contributed by atoms with Crippen molar-refractivity contribution in [3.8, 4) is 0 Å². The lowest BCUT2D eigenvalue weighted by Crippen LogP contribution is -2.44. The highest BCUT2D eigenvalue weighted by Gasteiger charge is 2.19. The average molecular weight is 370 g/mol. The number of hydrogen-bond acceptors (Lipinski definition) is 3. The van der Waals surface area contributed by atoms with Crippen LogP contribution >= 0.6 is 12.2 Å². The first-order valence-electron chi connectivity index (χ1n) is 9.12. The molecule has 1 fully saturated rings. The Labute approximate surface area is 161 Å². The van der Waals surface area contributed by atoms with Gasteiger partial charge in [0.2, 0.25) is 0 Å².